The van der Waals surface area contributed by atoms with Crippen molar-refractivity contribution in [2.75, 3.05) is 17.6 Å². The molecule has 1 saturated carbocycles. The van der Waals surface area contributed by atoms with Gasteiger partial charge in [-0.25, -0.2) is 0 Å². The van der Waals surface area contributed by atoms with Crippen molar-refractivity contribution in [1.82, 2.24) is 4.90 Å². The molecule has 1 aromatic carbocycles. The third-order valence-corrected chi connectivity index (χ3v) is 6.58. The van der Waals surface area contributed by atoms with Crippen LogP contribution in [0.4, 0.5) is 5.69 Å². The second-order valence-corrected chi connectivity index (χ2v) is 9.13. The molecule has 1 aliphatic carbocycles. The number of anilines is 1. The van der Waals surface area contributed by atoms with E-state index in [2.05, 4.69) is 17.1 Å². The molecule has 0 spiro atoms. The molecule has 1 aliphatic heterocycles. The normalized spacial score (nSPS) is 21.6. The summed E-state index contributed by atoms with van der Waals surface area (Å²) in [6.45, 7) is 3.12. The summed E-state index contributed by atoms with van der Waals surface area (Å²) in [5.41, 5.74) is 0.640. The Hall–Kier alpha value is -0.620. The quantitative estimate of drug-likeness (QED) is 0.540. The summed E-state index contributed by atoms with van der Waals surface area (Å²) in [5.74, 6) is 0.897. The van der Waals surface area contributed by atoms with Crippen molar-refractivity contribution in [3.63, 3.8) is 0 Å². The van der Waals surface area contributed by atoms with Crippen molar-refractivity contribution in [2.24, 2.45) is 4.99 Å². The molecular formula is C20H28Cl3N3OS. The summed E-state index contributed by atoms with van der Waals surface area (Å²) in [5, 5.41) is 5.09. The van der Waals surface area contributed by atoms with Crippen LogP contribution in [0, 0.1) is 0 Å². The van der Waals surface area contributed by atoms with Gasteiger partial charge in [0.2, 0.25) is 5.91 Å². The fourth-order valence-electron chi connectivity index (χ4n) is 3.72. The number of amidine groups is 1. The van der Waals surface area contributed by atoms with E-state index in [1.807, 2.05) is 0 Å². The smallest absolute Gasteiger partial charge is 0.226 e. The highest BCUT2D eigenvalue weighted by Gasteiger charge is 2.32. The Labute approximate surface area is 188 Å². The summed E-state index contributed by atoms with van der Waals surface area (Å²) in [6.07, 6.45) is 7.80. The van der Waals surface area contributed by atoms with E-state index < -0.39 is 0 Å². The van der Waals surface area contributed by atoms with E-state index in [9.17, 15) is 4.79 Å². The number of aliphatic imine (C=N–C) groups is 1. The zero-order valence-electron chi connectivity index (χ0n) is 16.1. The molecule has 1 heterocycles. The zero-order chi connectivity index (χ0) is 19.2. The van der Waals surface area contributed by atoms with Crippen LogP contribution in [-0.2, 0) is 4.79 Å². The van der Waals surface area contributed by atoms with Gasteiger partial charge in [0.05, 0.1) is 6.04 Å². The Morgan fingerprint density at radius 1 is 1.21 bits per heavy atom. The van der Waals surface area contributed by atoms with Gasteiger partial charge in [-0.1, -0.05) is 61.1 Å². The number of amides is 1. The summed E-state index contributed by atoms with van der Waals surface area (Å²) in [4.78, 5) is 19.9. The molecule has 8 heteroatoms. The fraction of sp³-hybridized carbons (Fsp3) is 0.600. The predicted octanol–water partition coefficient (Wildman–Crippen LogP) is 6.26. The maximum absolute atomic E-state index is 12.6. The van der Waals surface area contributed by atoms with Crippen molar-refractivity contribution in [3.8, 4) is 0 Å². The van der Waals surface area contributed by atoms with Gasteiger partial charge in [0.25, 0.3) is 0 Å². The van der Waals surface area contributed by atoms with Gasteiger partial charge in [0, 0.05) is 40.5 Å². The molecule has 2 aliphatic rings. The second kappa shape index (κ2) is 11.5. The lowest BCUT2D eigenvalue weighted by Gasteiger charge is -2.27. The Morgan fingerprint density at radius 2 is 1.89 bits per heavy atom. The number of nitrogens with zero attached hydrogens (tertiary/aromatic N) is 2. The molecule has 1 unspecified atom stereocenters. The molecule has 1 N–H and O–H groups in total. The van der Waals surface area contributed by atoms with E-state index in [0.29, 0.717) is 28.2 Å². The highest BCUT2D eigenvalue weighted by atomic mass is 35.5. The molecule has 2 fully saturated rings. The topological polar surface area (TPSA) is 44.7 Å². The van der Waals surface area contributed by atoms with Crippen LogP contribution in [0.5, 0.6) is 0 Å². The van der Waals surface area contributed by atoms with Gasteiger partial charge in [-0.2, -0.15) is 0 Å². The average molecular weight is 465 g/mol. The molecule has 1 saturated heterocycles. The first-order valence-corrected chi connectivity index (χ1v) is 11.5. The number of thioether (sulfide) groups is 1. The fourth-order valence-corrected chi connectivity index (χ4v) is 5.51. The summed E-state index contributed by atoms with van der Waals surface area (Å²) < 4.78 is 0. The molecule has 156 valence electrons. The van der Waals surface area contributed by atoms with Crippen LogP contribution in [0.25, 0.3) is 0 Å². The van der Waals surface area contributed by atoms with Crippen LogP contribution in [0.15, 0.2) is 23.2 Å². The number of carbonyl (C=O) groups excluding carboxylic acids is 1. The van der Waals surface area contributed by atoms with Gasteiger partial charge in [-0.05, 0) is 37.5 Å². The van der Waals surface area contributed by atoms with Crippen LogP contribution >= 0.6 is 47.4 Å². The highest BCUT2D eigenvalue weighted by molar-refractivity contribution is 8.14. The summed E-state index contributed by atoms with van der Waals surface area (Å²) in [6, 6.07) is 5.74. The number of nitrogens with one attached hydrogen (secondary N) is 1. The lowest BCUT2D eigenvalue weighted by molar-refractivity contribution is -0.116. The van der Waals surface area contributed by atoms with Gasteiger partial charge in [0.1, 0.15) is 0 Å². The van der Waals surface area contributed by atoms with Crippen molar-refractivity contribution in [2.45, 2.75) is 64.0 Å². The van der Waals surface area contributed by atoms with E-state index in [1.54, 1.807) is 30.0 Å². The van der Waals surface area contributed by atoms with Gasteiger partial charge in [-0.3, -0.25) is 9.79 Å². The summed E-state index contributed by atoms with van der Waals surface area (Å²) >= 11 is 13.8. The van der Waals surface area contributed by atoms with E-state index >= 15 is 0 Å². The van der Waals surface area contributed by atoms with Crippen LogP contribution < -0.4 is 5.32 Å². The van der Waals surface area contributed by atoms with Crippen LogP contribution in [0.3, 0.4) is 0 Å². The predicted molar refractivity (Wildman–Crippen MR) is 125 cm³/mol. The molecular weight excluding hydrogens is 437 g/mol. The standard InChI is InChI=1S/C20H27Cl2N3OS.ClH/c1-2-8-25-18(13-27-20(25)24-16-6-4-3-5-7-16)12-19(26)23-17-10-14(21)9-15(22)11-17;/h9-11,16,18H,2-8,12-13H2,1H3,(H,23,26);1H/b24-20-;. The van der Waals surface area contributed by atoms with Gasteiger partial charge >= 0.3 is 0 Å². The number of rotatable bonds is 6. The lowest BCUT2D eigenvalue weighted by atomic mass is 9.96. The van der Waals surface area contributed by atoms with Gasteiger partial charge in [0.15, 0.2) is 5.17 Å². The molecule has 0 radical (unpaired) electrons. The highest BCUT2D eigenvalue weighted by Crippen LogP contribution is 2.30. The lowest BCUT2D eigenvalue weighted by Crippen LogP contribution is -2.37. The van der Waals surface area contributed by atoms with Crippen molar-refractivity contribution >= 4 is 64.1 Å². The minimum absolute atomic E-state index is 0. The maximum atomic E-state index is 12.6. The Balaban J connectivity index is 0.00000280. The molecule has 4 nitrogen and oxygen atoms in total. The monoisotopic (exact) mass is 463 g/mol. The SMILES string of the molecule is CCCN1/C(=N/C2CCCCC2)SCC1CC(=O)Nc1cc(Cl)cc(Cl)c1.Cl. The first kappa shape index (κ1) is 23.7. The Kier molecular flexibility index (Phi) is 9.75. The molecule has 0 aromatic heterocycles. The van der Waals surface area contributed by atoms with Crippen molar-refractivity contribution < 1.29 is 4.79 Å². The minimum atomic E-state index is -0.0149. The number of halogens is 3. The van der Waals surface area contributed by atoms with Gasteiger partial charge < -0.3 is 10.2 Å². The first-order valence-electron chi connectivity index (χ1n) is 9.78. The number of carbonyl (C=O) groups is 1. The molecule has 28 heavy (non-hydrogen) atoms. The van der Waals surface area contributed by atoms with Gasteiger partial charge in [-0.15, -0.1) is 12.4 Å². The minimum Gasteiger partial charge on any atom is -0.347 e. The number of hydrogen-bond donors (Lipinski definition) is 1. The second-order valence-electron chi connectivity index (χ2n) is 7.27. The number of hydrogen-bond acceptors (Lipinski definition) is 3. The molecule has 1 atom stereocenters. The molecule has 1 amide bonds. The first-order chi connectivity index (χ1) is 13.0. The van der Waals surface area contributed by atoms with Crippen molar-refractivity contribution in [1.29, 1.82) is 0 Å². The molecule has 0 bridgehead atoms. The molecule has 1 aromatic rings. The van der Waals surface area contributed by atoms with Crippen molar-refractivity contribution in [3.05, 3.63) is 28.2 Å². The number of benzene rings is 1. The third-order valence-electron chi connectivity index (χ3n) is 4.99. The maximum Gasteiger partial charge on any atom is 0.226 e. The average Bonchev–Trinajstić information content (AvgIpc) is 2.97. The Bertz CT molecular complexity index is 675. The molecule has 3 rings (SSSR count). The van der Waals surface area contributed by atoms with E-state index in [-0.39, 0.29) is 24.4 Å². The van der Waals surface area contributed by atoms with E-state index in [1.165, 1.54) is 32.1 Å². The Morgan fingerprint density at radius 3 is 2.54 bits per heavy atom. The largest absolute Gasteiger partial charge is 0.347 e. The summed E-state index contributed by atoms with van der Waals surface area (Å²) in [7, 11) is 0. The van der Waals surface area contributed by atoms with Crippen LogP contribution in [0.2, 0.25) is 10.0 Å². The third kappa shape index (κ3) is 6.72. The van der Waals surface area contributed by atoms with Crippen LogP contribution in [-0.4, -0.2) is 40.4 Å². The van der Waals surface area contributed by atoms with Crippen LogP contribution in [0.1, 0.15) is 51.9 Å². The van der Waals surface area contributed by atoms with E-state index in [0.717, 1.165) is 23.9 Å². The van der Waals surface area contributed by atoms with E-state index in [4.69, 9.17) is 28.2 Å². The zero-order valence-corrected chi connectivity index (χ0v) is 19.3.